The summed E-state index contributed by atoms with van der Waals surface area (Å²) in [6.45, 7) is 0. The first-order valence-corrected chi connectivity index (χ1v) is 20.7. The minimum atomic E-state index is 0.674. The maximum Gasteiger partial charge on any atom is 0.160 e. The molecule has 4 heterocycles. The van der Waals surface area contributed by atoms with Crippen molar-refractivity contribution in [2.75, 3.05) is 0 Å². The van der Waals surface area contributed by atoms with Gasteiger partial charge in [0.1, 0.15) is 11.0 Å². The Bertz CT molecular complexity index is 3540. The zero-order valence-corrected chi connectivity index (χ0v) is 32.9. The second kappa shape index (κ2) is 13.9. The van der Waals surface area contributed by atoms with Crippen LogP contribution in [0.3, 0.4) is 0 Å². The van der Waals surface area contributed by atoms with Crippen molar-refractivity contribution in [3.05, 3.63) is 194 Å². The van der Waals surface area contributed by atoms with E-state index < -0.39 is 0 Å². The number of para-hydroxylation sites is 3. The van der Waals surface area contributed by atoms with Gasteiger partial charge in [-0.1, -0.05) is 152 Å². The summed E-state index contributed by atoms with van der Waals surface area (Å²) in [7, 11) is 0. The fraction of sp³-hybridized carbons (Fsp3) is 0. The Morgan fingerprint density at radius 3 is 1.70 bits per heavy atom. The number of fused-ring (bicyclic) bond motifs is 8. The van der Waals surface area contributed by atoms with E-state index in [1.807, 2.05) is 30.3 Å². The van der Waals surface area contributed by atoms with Crippen LogP contribution in [0.25, 0.3) is 116 Å². The summed E-state index contributed by atoms with van der Waals surface area (Å²) in [6, 6.07) is 67.8. The monoisotopic (exact) mass is 784 g/mol. The summed E-state index contributed by atoms with van der Waals surface area (Å²) in [5.41, 5.74) is 14.8. The summed E-state index contributed by atoms with van der Waals surface area (Å²) >= 11 is 1.25. The van der Waals surface area contributed by atoms with E-state index in [-0.39, 0.29) is 0 Å². The lowest BCUT2D eigenvalue weighted by Gasteiger charge is -2.14. The highest BCUT2D eigenvalue weighted by atomic mass is 32.1. The largest absolute Gasteiger partial charge is 0.309 e. The lowest BCUT2D eigenvalue weighted by Crippen LogP contribution is -1.98. The zero-order valence-electron chi connectivity index (χ0n) is 32.1. The molecule has 12 rings (SSSR count). The van der Waals surface area contributed by atoms with Gasteiger partial charge in [-0.15, -0.1) is 0 Å². The fourth-order valence-electron chi connectivity index (χ4n) is 8.69. The molecule has 0 unspecified atom stereocenters. The average Bonchev–Trinajstić information content (AvgIpc) is 3.95. The Morgan fingerprint density at radius 2 is 0.967 bits per heavy atom. The van der Waals surface area contributed by atoms with Gasteiger partial charge in [-0.2, -0.15) is 8.75 Å². The van der Waals surface area contributed by atoms with Gasteiger partial charge in [0.15, 0.2) is 5.82 Å². The summed E-state index contributed by atoms with van der Waals surface area (Å²) < 4.78 is 12.1. The molecule has 0 aliphatic heterocycles. The van der Waals surface area contributed by atoms with Crippen LogP contribution < -0.4 is 0 Å². The molecule has 0 bridgehead atoms. The molecule has 12 aromatic rings. The molecule has 4 aromatic heterocycles. The third kappa shape index (κ3) is 5.59. The number of benzene rings is 8. The third-order valence-electron chi connectivity index (χ3n) is 11.5. The molecular weight excluding hydrogens is 753 g/mol. The molecule has 60 heavy (non-hydrogen) atoms. The minimum absolute atomic E-state index is 0.674. The van der Waals surface area contributed by atoms with Crippen LogP contribution in [0.5, 0.6) is 0 Å². The van der Waals surface area contributed by atoms with Gasteiger partial charge in [0, 0.05) is 60.4 Å². The van der Waals surface area contributed by atoms with E-state index in [4.69, 9.17) is 23.7 Å². The quantitative estimate of drug-likeness (QED) is 0.157. The van der Waals surface area contributed by atoms with E-state index in [2.05, 4.69) is 168 Å². The SMILES string of the molecule is c1ccc(-c2nc(-c3ccc(-c4cc5c(-c6ccccc6)nc6ccccc6c5c5nsnc45)cc3)cc(-c3cccc(-n4c5ccccc5c5ccccc54)c3)n2)cc1. The van der Waals surface area contributed by atoms with E-state index in [0.717, 1.165) is 88.9 Å². The molecular formula is C53H32N6S. The standard InChI is InChI=1S/C53H32N6S/c1-3-14-35(15-4-1)50-43-31-42(51-52(58-60-57-51)49(43)41-22-7-10-23-44(41)54-50)33-26-28-34(29-27-33)45-32-46(56-53(55-45)36-16-5-2-6-17-36)37-18-13-19-38(30-37)59-47-24-11-8-20-39(47)40-21-9-12-25-48(40)59/h1-32H. The maximum absolute atomic E-state index is 5.21. The van der Waals surface area contributed by atoms with Crippen molar-refractivity contribution in [3.8, 4) is 62.0 Å². The normalized spacial score (nSPS) is 11.7. The van der Waals surface area contributed by atoms with Crippen molar-refractivity contribution in [2.24, 2.45) is 0 Å². The lowest BCUT2D eigenvalue weighted by atomic mass is 9.93. The molecule has 280 valence electrons. The van der Waals surface area contributed by atoms with Crippen molar-refractivity contribution in [1.82, 2.24) is 28.3 Å². The second-order valence-corrected chi connectivity index (χ2v) is 15.5. The van der Waals surface area contributed by atoms with Gasteiger partial charge in [0.05, 0.1) is 45.4 Å². The maximum atomic E-state index is 5.21. The van der Waals surface area contributed by atoms with Gasteiger partial charge < -0.3 is 4.57 Å². The molecule has 8 aromatic carbocycles. The van der Waals surface area contributed by atoms with E-state index >= 15 is 0 Å². The molecule has 0 fully saturated rings. The van der Waals surface area contributed by atoms with E-state index in [1.165, 1.54) is 33.5 Å². The van der Waals surface area contributed by atoms with Crippen LogP contribution in [0.4, 0.5) is 0 Å². The van der Waals surface area contributed by atoms with Crippen LogP contribution in [0.15, 0.2) is 194 Å². The Hall–Kier alpha value is -7.87. The lowest BCUT2D eigenvalue weighted by molar-refractivity contribution is 1.16. The fourth-order valence-corrected chi connectivity index (χ4v) is 9.25. The molecule has 6 nitrogen and oxygen atoms in total. The van der Waals surface area contributed by atoms with Crippen LogP contribution in [-0.4, -0.2) is 28.3 Å². The molecule has 0 aliphatic rings. The minimum Gasteiger partial charge on any atom is -0.309 e. The molecule has 0 saturated heterocycles. The summed E-state index contributed by atoms with van der Waals surface area (Å²) in [6.07, 6.45) is 0. The first-order chi connectivity index (χ1) is 29.7. The summed E-state index contributed by atoms with van der Waals surface area (Å²) in [5.74, 6) is 0.674. The van der Waals surface area contributed by atoms with Crippen LogP contribution in [-0.2, 0) is 0 Å². The number of pyridine rings is 1. The van der Waals surface area contributed by atoms with Crippen LogP contribution in [0.1, 0.15) is 0 Å². The first kappa shape index (κ1) is 34.2. The molecule has 0 spiro atoms. The van der Waals surface area contributed by atoms with Crippen LogP contribution in [0.2, 0.25) is 0 Å². The molecule has 0 aliphatic carbocycles. The van der Waals surface area contributed by atoms with Crippen LogP contribution >= 0.6 is 11.7 Å². The third-order valence-corrected chi connectivity index (χ3v) is 12.0. The van der Waals surface area contributed by atoms with Crippen molar-refractivity contribution in [1.29, 1.82) is 0 Å². The highest BCUT2D eigenvalue weighted by molar-refractivity contribution is 7.00. The van der Waals surface area contributed by atoms with Crippen LogP contribution in [0, 0.1) is 0 Å². The molecule has 7 heteroatoms. The Morgan fingerprint density at radius 1 is 0.383 bits per heavy atom. The Kier molecular flexibility index (Phi) is 7.92. The molecule has 0 atom stereocenters. The van der Waals surface area contributed by atoms with Crippen molar-refractivity contribution < 1.29 is 0 Å². The number of hydrogen-bond donors (Lipinski definition) is 0. The smallest absolute Gasteiger partial charge is 0.160 e. The second-order valence-electron chi connectivity index (χ2n) is 15.0. The predicted octanol–water partition coefficient (Wildman–Crippen LogP) is 13.6. The van der Waals surface area contributed by atoms with Crippen molar-refractivity contribution in [2.45, 2.75) is 0 Å². The van der Waals surface area contributed by atoms with Crippen molar-refractivity contribution in [3.63, 3.8) is 0 Å². The first-order valence-electron chi connectivity index (χ1n) is 19.9. The number of rotatable bonds is 6. The van der Waals surface area contributed by atoms with E-state index in [1.54, 1.807) is 0 Å². The zero-order chi connectivity index (χ0) is 39.6. The van der Waals surface area contributed by atoms with Gasteiger partial charge in [0.2, 0.25) is 0 Å². The predicted molar refractivity (Wildman–Crippen MR) is 247 cm³/mol. The molecule has 0 saturated carbocycles. The van der Waals surface area contributed by atoms with Gasteiger partial charge in [-0.25, -0.2) is 15.0 Å². The summed E-state index contributed by atoms with van der Waals surface area (Å²) in [5, 5.41) is 5.66. The molecule has 0 amide bonds. The topological polar surface area (TPSA) is 69.4 Å². The Balaban J connectivity index is 0.996. The number of nitrogens with zero attached hydrogens (tertiary/aromatic N) is 6. The molecule has 0 radical (unpaired) electrons. The van der Waals surface area contributed by atoms with Gasteiger partial charge >= 0.3 is 0 Å². The Labute approximate surface area is 349 Å². The van der Waals surface area contributed by atoms with Crippen molar-refractivity contribution >= 4 is 66.2 Å². The van der Waals surface area contributed by atoms with Gasteiger partial charge in [-0.3, -0.25) is 0 Å². The number of aromatic nitrogens is 6. The number of hydrogen-bond acceptors (Lipinski definition) is 6. The van der Waals surface area contributed by atoms with E-state index in [0.29, 0.717) is 5.82 Å². The average molecular weight is 785 g/mol. The highest BCUT2D eigenvalue weighted by Crippen LogP contribution is 2.41. The molecule has 0 N–H and O–H groups in total. The van der Waals surface area contributed by atoms with E-state index in [9.17, 15) is 0 Å². The van der Waals surface area contributed by atoms with Gasteiger partial charge in [0.25, 0.3) is 0 Å². The summed E-state index contributed by atoms with van der Waals surface area (Å²) in [4.78, 5) is 15.6. The van der Waals surface area contributed by atoms with Gasteiger partial charge in [-0.05, 0) is 48.0 Å². The highest BCUT2D eigenvalue weighted by Gasteiger charge is 2.20.